The summed E-state index contributed by atoms with van der Waals surface area (Å²) in [4.78, 5) is 24.2. The second-order valence-electron chi connectivity index (χ2n) is 5.11. The maximum atomic E-state index is 12.0. The number of pyridine rings is 1. The third kappa shape index (κ3) is 4.83. The van der Waals surface area contributed by atoms with Gasteiger partial charge in [0, 0.05) is 37.9 Å². The number of hydrogen-bond acceptors (Lipinski definition) is 5. The minimum absolute atomic E-state index is 0.192. The zero-order valence-corrected chi connectivity index (χ0v) is 12.2. The van der Waals surface area contributed by atoms with E-state index in [4.69, 9.17) is 0 Å². The highest BCUT2D eigenvalue weighted by Gasteiger charge is 2.07. The molecule has 0 aliphatic rings. The molecular formula is C15H19N5O. The average molecular weight is 285 g/mol. The number of hydrogen-bond donors (Lipinski definition) is 2. The monoisotopic (exact) mass is 285 g/mol. The standard InChI is InChI=1S/C15H19N5O/c1-11(2)7-18-15-19-9-13(10-20-15)14(21)17-8-12-3-5-16-6-4-12/h3-6,9-11H,7-8H2,1-2H3,(H,17,21)(H,18,19,20). The Balaban J connectivity index is 1.88. The molecule has 2 aromatic rings. The van der Waals surface area contributed by atoms with E-state index in [-0.39, 0.29) is 5.91 Å². The summed E-state index contributed by atoms with van der Waals surface area (Å²) in [6, 6.07) is 3.71. The summed E-state index contributed by atoms with van der Waals surface area (Å²) in [6.07, 6.45) is 6.44. The van der Waals surface area contributed by atoms with E-state index < -0.39 is 0 Å². The molecule has 1 amide bonds. The highest BCUT2D eigenvalue weighted by atomic mass is 16.1. The van der Waals surface area contributed by atoms with Gasteiger partial charge in [0.05, 0.1) is 5.56 Å². The molecule has 0 radical (unpaired) electrons. The molecule has 0 fully saturated rings. The molecule has 0 aromatic carbocycles. The van der Waals surface area contributed by atoms with Crippen LogP contribution in [0.1, 0.15) is 29.8 Å². The Morgan fingerprint density at radius 1 is 1.19 bits per heavy atom. The van der Waals surface area contributed by atoms with Crippen molar-refractivity contribution in [3.8, 4) is 0 Å². The number of aromatic nitrogens is 3. The van der Waals surface area contributed by atoms with E-state index in [9.17, 15) is 4.79 Å². The summed E-state index contributed by atoms with van der Waals surface area (Å²) >= 11 is 0. The second kappa shape index (κ2) is 7.33. The highest BCUT2D eigenvalue weighted by molar-refractivity contribution is 5.93. The fourth-order valence-corrected chi connectivity index (χ4v) is 1.62. The first-order chi connectivity index (χ1) is 10.1. The average Bonchev–Trinajstić information content (AvgIpc) is 2.52. The molecule has 0 atom stereocenters. The lowest BCUT2D eigenvalue weighted by Gasteiger charge is -2.08. The van der Waals surface area contributed by atoms with Gasteiger partial charge < -0.3 is 10.6 Å². The number of carbonyl (C=O) groups is 1. The van der Waals surface area contributed by atoms with Crippen molar-refractivity contribution in [1.29, 1.82) is 0 Å². The van der Waals surface area contributed by atoms with Crippen LogP contribution < -0.4 is 10.6 Å². The largest absolute Gasteiger partial charge is 0.354 e. The second-order valence-corrected chi connectivity index (χ2v) is 5.11. The molecule has 2 aromatic heterocycles. The van der Waals surface area contributed by atoms with Crippen LogP contribution in [0.2, 0.25) is 0 Å². The quantitative estimate of drug-likeness (QED) is 0.847. The Hall–Kier alpha value is -2.50. The third-order valence-electron chi connectivity index (χ3n) is 2.78. The Kier molecular flexibility index (Phi) is 5.20. The summed E-state index contributed by atoms with van der Waals surface area (Å²) in [5.74, 6) is 0.855. The number of anilines is 1. The minimum Gasteiger partial charge on any atom is -0.354 e. The van der Waals surface area contributed by atoms with Crippen LogP contribution in [-0.2, 0) is 6.54 Å². The summed E-state index contributed by atoms with van der Waals surface area (Å²) in [7, 11) is 0. The topological polar surface area (TPSA) is 79.8 Å². The summed E-state index contributed by atoms with van der Waals surface area (Å²) in [6.45, 7) is 5.46. The zero-order valence-electron chi connectivity index (χ0n) is 12.2. The SMILES string of the molecule is CC(C)CNc1ncc(C(=O)NCc2ccncc2)cn1. The molecule has 0 saturated heterocycles. The number of rotatable bonds is 6. The molecule has 0 unspecified atom stereocenters. The number of nitrogens with zero attached hydrogens (tertiary/aromatic N) is 3. The van der Waals surface area contributed by atoms with Gasteiger partial charge in [-0.15, -0.1) is 0 Å². The third-order valence-corrected chi connectivity index (χ3v) is 2.78. The molecule has 0 aliphatic carbocycles. The summed E-state index contributed by atoms with van der Waals surface area (Å²) < 4.78 is 0. The maximum absolute atomic E-state index is 12.0. The van der Waals surface area contributed by atoms with E-state index in [1.54, 1.807) is 12.4 Å². The number of nitrogens with one attached hydrogen (secondary N) is 2. The lowest BCUT2D eigenvalue weighted by molar-refractivity contribution is 0.0950. The molecule has 21 heavy (non-hydrogen) atoms. The molecule has 2 heterocycles. The zero-order chi connectivity index (χ0) is 15.1. The van der Waals surface area contributed by atoms with Gasteiger partial charge in [-0.1, -0.05) is 13.8 Å². The van der Waals surface area contributed by atoms with Crippen LogP contribution in [0.3, 0.4) is 0 Å². The highest BCUT2D eigenvalue weighted by Crippen LogP contribution is 2.03. The van der Waals surface area contributed by atoms with Gasteiger partial charge in [-0.2, -0.15) is 0 Å². The van der Waals surface area contributed by atoms with Gasteiger partial charge in [0.15, 0.2) is 0 Å². The normalized spacial score (nSPS) is 10.4. The maximum Gasteiger partial charge on any atom is 0.254 e. The molecule has 2 rings (SSSR count). The predicted octanol–water partition coefficient (Wildman–Crippen LogP) is 1.87. The van der Waals surface area contributed by atoms with Gasteiger partial charge in [0.25, 0.3) is 5.91 Å². The van der Waals surface area contributed by atoms with Crippen molar-refractivity contribution < 1.29 is 4.79 Å². The fourth-order valence-electron chi connectivity index (χ4n) is 1.62. The van der Waals surface area contributed by atoms with Gasteiger partial charge in [-0.3, -0.25) is 9.78 Å². The van der Waals surface area contributed by atoms with Crippen molar-refractivity contribution in [1.82, 2.24) is 20.3 Å². The Morgan fingerprint density at radius 2 is 1.86 bits per heavy atom. The van der Waals surface area contributed by atoms with E-state index in [1.807, 2.05) is 12.1 Å². The molecule has 0 spiro atoms. The lowest BCUT2D eigenvalue weighted by Crippen LogP contribution is -2.23. The summed E-state index contributed by atoms with van der Waals surface area (Å²) in [5.41, 5.74) is 1.44. The van der Waals surface area contributed by atoms with Crippen molar-refractivity contribution in [3.63, 3.8) is 0 Å². The molecular weight excluding hydrogens is 266 g/mol. The number of carbonyl (C=O) groups excluding carboxylic acids is 1. The van der Waals surface area contributed by atoms with Crippen molar-refractivity contribution in [2.24, 2.45) is 5.92 Å². The van der Waals surface area contributed by atoms with E-state index in [2.05, 4.69) is 39.4 Å². The van der Waals surface area contributed by atoms with Crippen LogP contribution in [0.5, 0.6) is 0 Å². The summed E-state index contributed by atoms with van der Waals surface area (Å²) in [5, 5.41) is 5.93. The van der Waals surface area contributed by atoms with Crippen molar-refractivity contribution in [2.45, 2.75) is 20.4 Å². The minimum atomic E-state index is -0.192. The molecule has 0 saturated carbocycles. The van der Waals surface area contributed by atoms with Crippen LogP contribution >= 0.6 is 0 Å². The van der Waals surface area contributed by atoms with E-state index >= 15 is 0 Å². The van der Waals surface area contributed by atoms with Crippen molar-refractivity contribution in [3.05, 3.63) is 48.0 Å². The molecule has 2 N–H and O–H groups in total. The van der Waals surface area contributed by atoms with Gasteiger partial charge in [0.1, 0.15) is 0 Å². The first kappa shape index (κ1) is 14.9. The fraction of sp³-hybridized carbons (Fsp3) is 0.333. The predicted molar refractivity (Wildman–Crippen MR) is 80.8 cm³/mol. The van der Waals surface area contributed by atoms with Crippen LogP contribution in [0.25, 0.3) is 0 Å². The van der Waals surface area contributed by atoms with Crippen molar-refractivity contribution in [2.75, 3.05) is 11.9 Å². The smallest absolute Gasteiger partial charge is 0.254 e. The number of amides is 1. The Morgan fingerprint density at radius 3 is 2.48 bits per heavy atom. The Bertz CT molecular complexity index is 568. The molecule has 0 bridgehead atoms. The van der Waals surface area contributed by atoms with E-state index in [0.717, 1.165) is 12.1 Å². The molecule has 110 valence electrons. The van der Waals surface area contributed by atoms with E-state index in [0.29, 0.717) is 24.0 Å². The molecule has 6 nitrogen and oxygen atoms in total. The Labute approximate surface area is 124 Å². The molecule has 6 heteroatoms. The first-order valence-corrected chi connectivity index (χ1v) is 6.88. The molecule has 0 aliphatic heterocycles. The van der Waals surface area contributed by atoms with Crippen LogP contribution in [0.4, 0.5) is 5.95 Å². The van der Waals surface area contributed by atoms with Crippen LogP contribution in [0, 0.1) is 5.92 Å². The van der Waals surface area contributed by atoms with Crippen molar-refractivity contribution >= 4 is 11.9 Å². The van der Waals surface area contributed by atoms with Gasteiger partial charge >= 0.3 is 0 Å². The van der Waals surface area contributed by atoms with Gasteiger partial charge in [-0.25, -0.2) is 9.97 Å². The van der Waals surface area contributed by atoms with Crippen LogP contribution in [0.15, 0.2) is 36.9 Å². The lowest BCUT2D eigenvalue weighted by atomic mass is 10.2. The first-order valence-electron chi connectivity index (χ1n) is 6.88. The van der Waals surface area contributed by atoms with E-state index in [1.165, 1.54) is 12.4 Å². The van der Waals surface area contributed by atoms with Gasteiger partial charge in [-0.05, 0) is 23.6 Å². The van der Waals surface area contributed by atoms with Gasteiger partial charge in [0.2, 0.25) is 5.95 Å². The van der Waals surface area contributed by atoms with Crippen LogP contribution in [-0.4, -0.2) is 27.4 Å².